The molecule has 0 radical (unpaired) electrons. The zero-order valence-corrected chi connectivity index (χ0v) is 11.5. The molecule has 2 aromatic rings. The number of nitrogens with zero attached hydrogens (tertiary/aromatic N) is 2. The minimum absolute atomic E-state index is 0.0803. The van der Waals surface area contributed by atoms with Gasteiger partial charge in [-0.3, -0.25) is 14.6 Å². The largest absolute Gasteiger partial charge is 0.310 e. The first-order valence-electron chi connectivity index (χ1n) is 6.46. The predicted octanol–water partition coefficient (Wildman–Crippen LogP) is 2.17. The van der Waals surface area contributed by atoms with Crippen molar-refractivity contribution in [1.29, 1.82) is 0 Å². The first-order valence-corrected chi connectivity index (χ1v) is 6.46. The van der Waals surface area contributed by atoms with Gasteiger partial charge < -0.3 is 5.32 Å². The monoisotopic (exact) mass is 287 g/mol. The molecular weight excluding hydrogens is 273 g/mol. The molecule has 0 spiro atoms. The third kappa shape index (κ3) is 3.92. The number of aromatic nitrogens is 2. The van der Waals surface area contributed by atoms with Gasteiger partial charge in [0.15, 0.2) is 6.29 Å². The summed E-state index contributed by atoms with van der Waals surface area (Å²) in [5.41, 5.74) is 1.89. The van der Waals surface area contributed by atoms with Gasteiger partial charge >= 0.3 is 0 Å². The molecule has 0 aliphatic heterocycles. The van der Waals surface area contributed by atoms with Crippen LogP contribution in [-0.4, -0.2) is 22.2 Å². The molecule has 1 N–H and O–H groups in total. The average Bonchev–Trinajstić information content (AvgIpc) is 2.49. The average molecular weight is 287 g/mol. The van der Waals surface area contributed by atoms with E-state index in [0.717, 1.165) is 11.9 Å². The van der Waals surface area contributed by atoms with E-state index in [1.807, 2.05) is 6.92 Å². The summed E-state index contributed by atoms with van der Waals surface area (Å²) in [4.78, 5) is 30.7. The third-order valence-electron chi connectivity index (χ3n) is 2.90. The second kappa shape index (κ2) is 6.69. The van der Waals surface area contributed by atoms with Crippen LogP contribution in [-0.2, 0) is 17.6 Å². The van der Waals surface area contributed by atoms with Crippen LogP contribution < -0.4 is 5.32 Å². The van der Waals surface area contributed by atoms with Gasteiger partial charge in [-0.15, -0.1) is 0 Å². The number of pyridine rings is 2. The van der Waals surface area contributed by atoms with Gasteiger partial charge in [0.05, 0.1) is 12.6 Å². The van der Waals surface area contributed by atoms with E-state index < -0.39 is 5.82 Å². The van der Waals surface area contributed by atoms with Crippen LogP contribution in [0.1, 0.15) is 28.5 Å². The number of anilines is 1. The van der Waals surface area contributed by atoms with Crippen molar-refractivity contribution in [3.05, 3.63) is 53.2 Å². The molecule has 0 saturated heterocycles. The quantitative estimate of drug-likeness (QED) is 0.855. The van der Waals surface area contributed by atoms with Gasteiger partial charge in [-0.25, -0.2) is 9.37 Å². The number of hydrogen-bond acceptors (Lipinski definition) is 4. The lowest BCUT2D eigenvalue weighted by Gasteiger charge is -2.08. The fourth-order valence-electron chi connectivity index (χ4n) is 1.90. The van der Waals surface area contributed by atoms with E-state index in [1.54, 1.807) is 6.07 Å². The summed E-state index contributed by atoms with van der Waals surface area (Å²) in [5, 5.41) is 2.57. The van der Waals surface area contributed by atoms with E-state index in [1.165, 1.54) is 18.3 Å². The molecule has 0 unspecified atom stereocenters. The summed E-state index contributed by atoms with van der Waals surface area (Å²) in [6.07, 6.45) is 3.94. The van der Waals surface area contributed by atoms with Gasteiger partial charge in [0.2, 0.25) is 5.91 Å². The highest BCUT2D eigenvalue weighted by Crippen LogP contribution is 2.11. The molecule has 5 nitrogen and oxygen atoms in total. The smallest absolute Gasteiger partial charge is 0.230 e. The predicted molar refractivity (Wildman–Crippen MR) is 75.5 cm³/mol. The molecule has 2 aromatic heterocycles. The van der Waals surface area contributed by atoms with E-state index in [-0.39, 0.29) is 18.1 Å². The van der Waals surface area contributed by atoms with Crippen LogP contribution in [0.2, 0.25) is 0 Å². The molecule has 0 bridgehead atoms. The van der Waals surface area contributed by atoms with E-state index >= 15 is 0 Å². The van der Waals surface area contributed by atoms with E-state index in [2.05, 4.69) is 15.3 Å². The van der Waals surface area contributed by atoms with Crippen LogP contribution in [0.3, 0.4) is 0 Å². The van der Waals surface area contributed by atoms with Crippen LogP contribution >= 0.6 is 0 Å². The van der Waals surface area contributed by atoms with Crippen LogP contribution in [0.5, 0.6) is 0 Å². The molecule has 2 heterocycles. The van der Waals surface area contributed by atoms with Crippen molar-refractivity contribution < 1.29 is 14.0 Å². The second-order valence-corrected chi connectivity index (χ2v) is 4.43. The molecule has 21 heavy (non-hydrogen) atoms. The molecule has 0 aliphatic rings. The summed E-state index contributed by atoms with van der Waals surface area (Å²) >= 11 is 0. The first-order chi connectivity index (χ1) is 10.1. The Labute approximate surface area is 121 Å². The number of halogens is 1. The summed E-state index contributed by atoms with van der Waals surface area (Å²) in [6.45, 7) is 1.92. The molecule has 108 valence electrons. The summed E-state index contributed by atoms with van der Waals surface area (Å²) in [6, 6.07) is 4.25. The molecule has 1 amide bonds. The van der Waals surface area contributed by atoms with Gasteiger partial charge in [0.1, 0.15) is 11.6 Å². The lowest BCUT2D eigenvalue weighted by atomic mass is 10.1. The maximum atomic E-state index is 12.7. The number of hydrogen-bond donors (Lipinski definition) is 1. The van der Waals surface area contributed by atoms with Crippen molar-refractivity contribution in [1.82, 2.24) is 9.97 Å². The number of aryl methyl sites for hydroxylation is 1. The standard InChI is InChI=1S/C15H14FN3O2/c1-2-13-11(5-10(9-20)7-17-13)6-15(21)19-14-4-3-12(16)8-18-14/h3-5,7-9H,2,6H2,1H3,(H,18,19,21). The summed E-state index contributed by atoms with van der Waals surface area (Å²) in [7, 11) is 0. The summed E-state index contributed by atoms with van der Waals surface area (Å²) < 4.78 is 12.7. The lowest BCUT2D eigenvalue weighted by molar-refractivity contribution is -0.115. The van der Waals surface area contributed by atoms with E-state index in [0.29, 0.717) is 23.8 Å². The topological polar surface area (TPSA) is 72.0 Å². The van der Waals surface area contributed by atoms with Crippen LogP contribution in [0, 0.1) is 5.82 Å². The number of carbonyl (C=O) groups excluding carboxylic acids is 2. The third-order valence-corrected chi connectivity index (χ3v) is 2.90. The highest BCUT2D eigenvalue weighted by Gasteiger charge is 2.10. The number of amides is 1. The zero-order valence-electron chi connectivity index (χ0n) is 11.5. The Morgan fingerprint density at radius 1 is 1.33 bits per heavy atom. The summed E-state index contributed by atoms with van der Waals surface area (Å²) in [5.74, 6) is -0.489. The van der Waals surface area contributed by atoms with Crippen molar-refractivity contribution in [3.63, 3.8) is 0 Å². The Morgan fingerprint density at radius 3 is 2.76 bits per heavy atom. The first kappa shape index (κ1) is 14.8. The molecule has 0 saturated carbocycles. The molecule has 0 aromatic carbocycles. The van der Waals surface area contributed by atoms with Crippen LogP contribution in [0.25, 0.3) is 0 Å². The Kier molecular flexibility index (Phi) is 4.71. The highest BCUT2D eigenvalue weighted by molar-refractivity contribution is 5.91. The molecule has 0 fully saturated rings. The Bertz CT molecular complexity index is 656. The van der Waals surface area contributed by atoms with Crippen molar-refractivity contribution in [2.24, 2.45) is 0 Å². The van der Waals surface area contributed by atoms with Crippen molar-refractivity contribution in [2.45, 2.75) is 19.8 Å². The fourth-order valence-corrected chi connectivity index (χ4v) is 1.90. The second-order valence-electron chi connectivity index (χ2n) is 4.43. The molecular formula is C15H14FN3O2. The lowest BCUT2D eigenvalue weighted by Crippen LogP contribution is -2.17. The molecule has 0 atom stereocenters. The normalized spacial score (nSPS) is 10.2. The number of nitrogens with one attached hydrogen (secondary N) is 1. The number of carbonyl (C=O) groups is 2. The number of rotatable bonds is 5. The zero-order chi connectivity index (χ0) is 15.2. The van der Waals surface area contributed by atoms with Gasteiger partial charge in [-0.2, -0.15) is 0 Å². The van der Waals surface area contributed by atoms with Crippen molar-refractivity contribution in [2.75, 3.05) is 5.32 Å². The van der Waals surface area contributed by atoms with E-state index in [9.17, 15) is 14.0 Å². The van der Waals surface area contributed by atoms with Gasteiger partial charge in [0.25, 0.3) is 0 Å². The number of aldehydes is 1. The van der Waals surface area contributed by atoms with E-state index in [4.69, 9.17) is 0 Å². The van der Waals surface area contributed by atoms with Crippen molar-refractivity contribution >= 4 is 18.0 Å². The Balaban J connectivity index is 2.11. The highest BCUT2D eigenvalue weighted by atomic mass is 19.1. The van der Waals surface area contributed by atoms with Gasteiger partial charge in [-0.05, 0) is 30.2 Å². The Morgan fingerprint density at radius 2 is 2.14 bits per heavy atom. The van der Waals surface area contributed by atoms with Crippen molar-refractivity contribution in [3.8, 4) is 0 Å². The Hall–Kier alpha value is -2.63. The fraction of sp³-hybridized carbons (Fsp3) is 0.200. The molecule has 2 rings (SSSR count). The maximum absolute atomic E-state index is 12.7. The van der Waals surface area contributed by atoms with Gasteiger partial charge in [-0.1, -0.05) is 6.92 Å². The van der Waals surface area contributed by atoms with Crippen LogP contribution in [0.15, 0.2) is 30.6 Å². The maximum Gasteiger partial charge on any atom is 0.230 e. The molecule has 0 aliphatic carbocycles. The van der Waals surface area contributed by atoms with Gasteiger partial charge in [0, 0.05) is 17.5 Å². The SMILES string of the molecule is CCc1ncc(C=O)cc1CC(=O)Nc1ccc(F)cn1. The van der Waals surface area contributed by atoms with Crippen LogP contribution in [0.4, 0.5) is 10.2 Å². The minimum atomic E-state index is -0.468. The minimum Gasteiger partial charge on any atom is -0.310 e. The molecule has 6 heteroatoms.